The van der Waals surface area contributed by atoms with Crippen LogP contribution < -0.4 is 10.2 Å². The second-order valence-electron chi connectivity index (χ2n) is 9.57. The third-order valence-electron chi connectivity index (χ3n) is 6.62. The zero-order valence-corrected chi connectivity index (χ0v) is 20.9. The highest BCUT2D eigenvalue weighted by Crippen LogP contribution is 2.38. The molecule has 0 amide bonds. The van der Waals surface area contributed by atoms with Gasteiger partial charge in [-0.15, -0.1) is 0 Å². The molecule has 1 aliphatic heterocycles. The molecule has 1 saturated heterocycles. The number of halogens is 2. The molecule has 3 aromatic rings. The molecule has 0 unspecified atom stereocenters. The van der Waals surface area contributed by atoms with Crippen molar-refractivity contribution in [3.05, 3.63) is 77.6 Å². The van der Waals surface area contributed by atoms with Crippen LogP contribution in [0.2, 0.25) is 0 Å². The molecule has 9 heteroatoms. The lowest BCUT2D eigenvalue weighted by Gasteiger charge is -2.32. The number of esters is 1. The SMILES string of the molecule is COc1cnc(C(F)F)cc1-c1cc(B2OC(C)(C)C(C)(C)O2)ccc1C(=O)OCc1ccccc1. The number of rotatable bonds is 7. The summed E-state index contributed by atoms with van der Waals surface area (Å²) in [5, 5.41) is 0. The monoisotopic (exact) mass is 495 g/mol. The second kappa shape index (κ2) is 9.99. The summed E-state index contributed by atoms with van der Waals surface area (Å²) in [6, 6.07) is 15.5. The van der Waals surface area contributed by atoms with Crippen LogP contribution in [0.25, 0.3) is 11.1 Å². The Hall–Kier alpha value is -3.30. The van der Waals surface area contributed by atoms with E-state index in [4.69, 9.17) is 18.8 Å². The van der Waals surface area contributed by atoms with E-state index in [1.54, 1.807) is 18.2 Å². The molecule has 2 heterocycles. The van der Waals surface area contributed by atoms with Crippen molar-refractivity contribution < 1.29 is 32.4 Å². The first-order chi connectivity index (χ1) is 17.0. The molecule has 0 saturated carbocycles. The molecule has 0 bridgehead atoms. The van der Waals surface area contributed by atoms with Gasteiger partial charge in [0.25, 0.3) is 6.43 Å². The van der Waals surface area contributed by atoms with E-state index < -0.39 is 36.4 Å². The van der Waals surface area contributed by atoms with Crippen LogP contribution in [0.1, 0.15) is 55.7 Å². The van der Waals surface area contributed by atoms with Gasteiger partial charge in [-0.25, -0.2) is 13.6 Å². The molecule has 0 N–H and O–H groups in total. The van der Waals surface area contributed by atoms with Crippen molar-refractivity contribution in [1.82, 2.24) is 4.98 Å². The van der Waals surface area contributed by atoms with Crippen LogP contribution in [0.15, 0.2) is 60.8 Å². The predicted octanol–water partition coefficient (Wildman–Crippen LogP) is 5.35. The minimum Gasteiger partial charge on any atom is -0.494 e. The lowest BCUT2D eigenvalue weighted by molar-refractivity contribution is 0.00578. The Bertz CT molecular complexity index is 1230. The zero-order chi connectivity index (χ0) is 26.1. The average Bonchev–Trinajstić information content (AvgIpc) is 3.08. The van der Waals surface area contributed by atoms with Crippen LogP contribution in [0, 0.1) is 0 Å². The van der Waals surface area contributed by atoms with Crippen LogP contribution in [0.5, 0.6) is 5.75 Å². The Morgan fingerprint density at radius 1 is 1.00 bits per heavy atom. The van der Waals surface area contributed by atoms with E-state index in [1.165, 1.54) is 19.4 Å². The lowest BCUT2D eigenvalue weighted by atomic mass is 9.77. The smallest absolute Gasteiger partial charge is 0.494 e. The van der Waals surface area contributed by atoms with Gasteiger partial charge in [0.05, 0.1) is 30.1 Å². The van der Waals surface area contributed by atoms with Gasteiger partial charge in [0.2, 0.25) is 0 Å². The maximum atomic E-state index is 13.5. The topological polar surface area (TPSA) is 66.9 Å². The average molecular weight is 495 g/mol. The number of methoxy groups -OCH3 is 1. The number of nitrogens with zero attached hydrogens (tertiary/aromatic N) is 1. The van der Waals surface area contributed by atoms with Crippen LogP contribution in [-0.2, 0) is 20.7 Å². The summed E-state index contributed by atoms with van der Waals surface area (Å²) in [5.41, 5.74) is 0.675. The van der Waals surface area contributed by atoms with Gasteiger partial charge in [0.15, 0.2) is 0 Å². The maximum absolute atomic E-state index is 13.5. The van der Waals surface area contributed by atoms with Crippen LogP contribution in [0.3, 0.4) is 0 Å². The molecule has 0 radical (unpaired) electrons. The third-order valence-corrected chi connectivity index (χ3v) is 6.62. The third kappa shape index (κ3) is 5.13. The summed E-state index contributed by atoms with van der Waals surface area (Å²) in [5.74, 6) is -0.366. The minimum absolute atomic E-state index is 0.0633. The van der Waals surface area contributed by atoms with Crippen LogP contribution in [-0.4, -0.2) is 36.4 Å². The molecule has 0 atom stereocenters. The number of hydrogen-bond donors (Lipinski definition) is 0. The summed E-state index contributed by atoms with van der Waals surface area (Å²) < 4.78 is 50.3. The Morgan fingerprint density at radius 3 is 2.28 bits per heavy atom. The molecule has 2 aromatic carbocycles. The van der Waals surface area contributed by atoms with Crippen molar-refractivity contribution >= 4 is 18.6 Å². The van der Waals surface area contributed by atoms with Crippen molar-refractivity contribution in [2.45, 2.75) is 51.9 Å². The highest BCUT2D eigenvalue weighted by atomic mass is 19.3. The van der Waals surface area contributed by atoms with E-state index >= 15 is 0 Å². The number of hydrogen-bond acceptors (Lipinski definition) is 6. The van der Waals surface area contributed by atoms with Gasteiger partial charge < -0.3 is 18.8 Å². The minimum atomic E-state index is -2.80. The fraction of sp³-hybridized carbons (Fsp3) is 0.333. The standard InChI is InChI=1S/C27H28BF2NO5/c1-26(2)27(3,4)36-28(35-26)18-11-12-19(25(32)34-16-17-9-7-6-8-10-17)20(13-18)21-14-22(24(29)30)31-15-23(21)33-5/h6-15,24H,16H2,1-5H3. The number of pyridine rings is 1. The van der Waals surface area contributed by atoms with Gasteiger partial charge in [0.1, 0.15) is 18.1 Å². The van der Waals surface area contributed by atoms with Crippen molar-refractivity contribution in [2.75, 3.05) is 7.11 Å². The summed E-state index contributed by atoms with van der Waals surface area (Å²) >= 11 is 0. The van der Waals surface area contributed by atoms with Gasteiger partial charge in [-0.1, -0.05) is 42.5 Å². The first-order valence-corrected chi connectivity index (χ1v) is 11.6. The molecule has 4 rings (SSSR count). The number of benzene rings is 2. The van der Waals surface area contributed by atoms with Crippen LogP contribution in [0.4, 0.5) is 8.78 Å². The molecule has 36 heavy (non-hydrogen) atoms. The summed E-state index contributed by atoms with van der Waals surface area (Å²) in [6.07, 6.45) is -1.58. The molecule has 1 fully saturated rings. The normalized spacial score (nSPS) is 16.3. The largest absolute Gasteiger partial charge is 0.494 e. The fourth-order valence-electron chi connectivity index (χ4n) is 3.84. The van der Waals surface area contributed by atoms with Gasteiger partial charge in [0, 0.05) is 5.56 Å². The molecule has 1 aliphatic rings. The molecular weight excluding hydrogens is 467 g/mol. The van der Waals surface area contributed by atoms with Crippen molar-refractivity contribution in [3.63, 3.8) is 0 Å². The molecular formula is C27H28BF2NO5. The van der Waals surface area contributed by atoms with E-state index in [0.717, 1.165) is 5.56 Å². The van der Waals surface area contributed by atoms with Crippen molar-refractivity contribution in [2.24, 2.45) is 0 Å². The van der Waals surface area contributed by atoms with Gasteiger partial charge in [-0.2, -0.15) is 0 Å². The predicted molar refractivity (Wildman–Crippen MR) is 132 cm³/mol. The molecule has 1 aromatic heterocycles. The number of alkyl halides is 2. The Kier molecular flexibility index (Phi) is 7.15. The van der Waals surface area contributed by atoms with Gasteiger partial charge in [-0.3, -0.25) is 4.98 Å². The van der Waals surface area contributed by atoms with E-state index in [2.05, 4.69) is 4.98 Å². The highest BCUT2D eigenvalue weighted by Gasteiger charge is 2.51. The molecule has 0 aliphatic carbocycles. The zero-order valence-electron chi connectivity index (χ0n) is 20.9. The molecule has 188 valence electrons. The fourth-order valence-corrected chi connectivity index (χ4v) is 3.84. The lowest BCUT2D eigenvalue weighted by Crippen LogP contribution is -2.41. The summed E-state index contributed by atoms with van der Waals surface area (Å²) in [4.78, 5) is 17.0. The van der Waals surface area contributed by atoms with E-state index in [-0.39, 0.29) is 23.5 Å². The second-order valence-corrected chi connectivity index (χ2v) is 9.57. The van der Waals surface area contributed by atoms with Gasteiger partial charge in [-0.05, 0) is 56.4 Å². The first kappa shape index (κ1) is 25.8. The van der Waals surface area contributed by atoms with Gasteiger partial charge >= 0.3 is 13.1 Å². The Morgan fingerprint density at radius 2 is 1.67 bits per heavy atom. The van der Waals surface area contributed by atoms with Crippen molar-refractivity contribution in [3.8, 4) is 16.9 Å². The van der Waals surface area contributed by atoms with E-state index in [1.807, 2.05) is 58.0 Å². The number of carbonyl (C=O) groups excluding carboxylic acids is 1. The number of carbonyl (C=O) groups is 1. The van der Waals surface area contributed by atoms with Crippen LogP contribution >= 0.6 is 0 Å². The summed E-state index contributed by atoms with van der Waals surface area (Å²) in [7, 11) is 0.694. The van der Waals surface area contributed by atoms with Crippen molar-refractivity contribution in [1.29, 1.82) is 0 Å². The van der Waals surface area contributed by atoms with E-state index in [0.29, 0.717) is 11.0 Å². The maximum Gasteiger partial charge on any atom is 0.494 e. The quantitative estimate of drug-likeness (QED) is 0.325. The summed E-state index contributed by atoms with van der Waals surface area (Å²) in [6.45, 7) is 7.80. The number of ether oxygens (including phenoxy) is 2. The Balaban J connectivity index is 1.78. The Labute approximate surface area is 209 Å². The molecule has 6 nitrogen and oxygen atoms in total. The first-order valence-electron chi connectivity index (χ1n) is 11.6. The van der Waals surface area contributed by atoms with E-state index in [9.17, 15) is 13.6 Å². The molecule has 0 spiro atoms. The highest BCUT2D eigenvalue weighted by molar-refractivity contribution is 6.62. The number of aromatic nitrogens is 1.